The van der Waals surface area contributed by atoms with Gasteiger partial charge in [-0.05, 0) is 17.1 Å². The van der Waals surface area contributed by atoms with Crippen molar-refractivity contribution in [3.05, 3.63) is 55.8 Å². The van der Waals surface area contributed by atoms with E-state index in [-0.39, 0.29) is 16.8 Å². The predicted molar refractivity (Wildman–Crippen MR) is 67.6 cm³/mol. The molecule has 0 spiro atoms. The van der Waals surface area contributed by atoms with E-state index in [9.17, 15) is 9.59 Å². The minimum atomic E-state index is -0.457. The standard InChI is InChI=1S/C12H11N5O3/c1-16-9-8(10(18)17(2)12(16)19)14-11(15-9)13-6-7-4-3-5-20-7/h3-5H,6H2,1-2H3/p+1. The maximum Gasteiger partial charge on any atom is 0.429 e. The van der Waals surface area contributed by atoms with Gasteiger partial charge in [-0.1, -0.05) is 4.99 Å². The molecule has 0 saturated heterocycles. The maximum absolute atomic E-state index is 11.9. The number of furan rings is 1. The summed E-state index contributed by atoms with van der Waals surface area (Å²) in [4.78, 5) is 35.0. The highest BCUT2D eigenvalue weighted by Gasteiger charge is 2.21. The van der Waals surface area contributed by atoms with Gasteiger partial charge in [0.2, 0.25) is 0 Å². The van der Waals surface area contributed by atoms with Gasteiger partial charge in [0.05, 0.1) is 6.26 Å². The average molecular weight is 274 g/mol. The van der Waals surface area contributed by atoms with Crippen molar-refractivity contribution < 1.29 is 9.41 Å². The lowest BCUT2D eigenvalue weighted by molar-refractivity contribution is -0.479. The van der Waals surface area contributed by atoms with Gasteiger partial charge in [-0.2, -0.15) is 0 Å². The Kier molecular flexibility index (Phi) is 2.70. The monoisotopic (exact) mass is 274 g/mol. The fourth-order valence-corrected chi connectivity index (χ4v) is 1.93. The summed E-state index contributed by atoms with van der Waals surface area (Å²) in [5, 5.41) is 0.163. The Morgan fingerprint density at radius 2 is 2.05 bits per heavy atom. The molecule has 1 aliphatic heterocycles. The van der Waals surface area contributed by atoms with Gasteiger partial charge in [0.1, 0.15) is 12.3 Å². The first kappa shape index (κ1) is 12.3. The summed E-state index contributed by atoms with van der Waals surface area (Å²) in [5.74, 6) is 1.01. The Morgan fingerprint density at radius 1 is 1.25 bits per heavy atom. The van der Waals surface area contributed by atoms with Crippen molar-refractivity contribution in [1.29, 1.82) is 0 Å². The van der Waals surface area contributed by atoms with Crippen molar-refractivity contribution in [2.24, 2.45) is 24.1 Å². The van der Waals surface area contributed by atoms with Crippen LogP contribution in [0.1, 0.15) is 5.76 Å². The lowest BCUT2D eigenvalue weighted by atomic mass is 10.5. The molecule has 2 aromatic rings. The Hall–Kier alpha value is -2.77. The third-order valence-electron chi connectivity index (χ3n) is 3.04. The topological polar surface area (TPSA) is 95.8 Å². The summed E-state index contributed by atoms with van der Waals surface area (Å²) < 4.78 is 7.48. The molecule has 8 nitrogen and oxygen atoms in total. The second kappa shape index (κ2) is 4.41. The zero-order valence-electron chi connectivity index (χ0n) is 11.0. The zero-order valence-corrected chi connectivity index (χ0v) is 11.0. The van der Waals surface area contributed by atoms with Crippen LogP contribution in [-0.2, 0) is 20.6 Å². The molecule has 0 aromatic carbocycles. The number of rotatable bonds is 2. The van der Waals surface area contributed by atoms with E-state index in [0.717, 1.165) is 10.3 Å². The van der Waals surface area contributed by atoms with Crippen LogP contribution in [0.25, 0.3) is 0 Å². The molecular formula is C12H12N5O3+. The van der Waals surface area contributed by atoms with Crippen LogP contribution in [-0.4, -0.2) is 15.1 Å². The van der Waals surface area contributed by atoms with Crippen LogP contribution in [0.15, 0.2) is 42.4 Å². The van der Waals surface area contributed by atoms with Crippen LogP contribution in [0.3, 0.4) is 0 Å². The van der Waals surface area contributed by atoms with E-state index in [0.29, 0.717) is 6.54 Å². The van der Waals surface area contributed by atoms with Crippen molar-refractivity contribution >= 4 is 5.96 Å². The summed E-state index contributed by atoms with van der Waals surface area (Å²) in [6.45, 7) is 0.400. The number of hydrogen-bond acceptors (Lipinski definition) is 3. The molecular weight excluding hydrogens is 262 g/mol. The third-order valence-corrected chi connectivity index (χ3v) is 3.04. The van der Waals surface area contributed by atoms with E-state index in [2.05, 4.69) is 15.0 Å². The van der Waals surface area contributed by atoms with E-state index in [1.54, 1.807) is 19.4 Å². The van der Waals surface area contributed by atoms with Gasteiger partial charge in [0.25, 0.3) is 10.8 Å². The lowest BCUT2D eigenvalue weighted by Gasteiger charge is -1.96. The molecule has 1 aliphatic rings. The van der Waals surface area contributed by atoms with E-state index < -0.39 is 11.2 Å². The van der Waals surface area contributed by atoms with E-state index in [4.69, 9.17) is 4.42 Å². The van der Waals surface area contributed by atoms with Crippen LogP contribution in [0.5, 0.6) is 0 Å². The molecule has 0 bridgehead atoms. The normalized spacial score (nSPS) is 15.0. The van der Waals surface area contributed by atoms with Crippen molar-refractivity contribution in [3.8, 4) is 0 Å². The summed E-state index contributed by atoms with van der Waals surface area (Å²) >= 11 is 0. The van der Waals surface area contributed by atoms with Gasteiger partial charge in [-0.3, -0.25) is 18.9 Å². The van der Waals surface area contributed by atoms with Crippen molar-refractivity contribution in [1.82, 2.24) is 9.13 Å². The third kappa shape index (κ3) is 1.81. The van der Waals surface area contributed by atoms with Crippen LogP contribution in [0.4, 0.5) is 0 Å². The molecule has 0 fully saturated rings. The fourth-order valence-electron chi connectivity index (χ4n) is 1.93. The number of nitrogens with one attached hydrogen (secondary N) is 1. The highest BCUT2D eigenvalue weighted by atomic mass is 16.3. The molecule has 20 heavy (non-hydrogen) atoms. The van der Waals surface area contributed by atoms with Crippen LogP contribution >= 0.6 is 0 Å². The van der Waals surface area contributed by atoms with E-state index in [1.807, 2.05) is 6.07 Å². The molecule has 0 unspecified atom stereocenters. The number of aromatic nitrogens is 2. The molecule has 102 valence electrons. The van der Waals surface area contributed by atoms with E-state index >= 15 is 0 Å². The van der Waals surface area contributed by atoms with Gasteiger partial charge < -0.3 is 4.42 Å². The molecule has 8 heteroatoms. The molecule has 0 amide bonds. The fraction of sp³-hybridized carbons (Fsp3) is 0.250. The molecule has 0 radical (unpaired) electrons. The van der Waals surface area contributed by atoms with Crippen molar-refractivity contribution in [2.45, 2.75) is 6.54 Å². The summed E-state index contributed by atoms with van der Waals surface area (Å²) in [5.41, 5.74) is -0.623. The van der Waals surface area contributed by atoms with Crippen LogP contribution in [0, 0.1) is 0 Å². The van der Waals surface area contributed by atoms with E-state index in [1.165, 1.54) is 11.6 Å². The van der Waals surface area contributed by atoms with Gasteiger partial charge in [0.15, 0.2) is 0 Å². The quantitative estimate of drug-likeness (QED) is 0.617. The Morgan fingerprint density at radius 3 is 2.75 bits per heavy atom. The average Bonchev–Trinajstić information content (AvgIpc) is 3.09. The molecule has 0 atom stereocenters. The summed E-state index contributed by atoms with van der Waals surface area (Å²) in [7, 11) is 2.96. The second-order valence-electron chi connectivity index (χ2n) is 4.36. The Bertz CT molecular complexity index is 931. The van der Waals surface area contributed by atoms with Gasteiger partial charge in [-0.25, -0.2) is 4.79 Å². The molecule has 0 saturated carbocycles. The van der Waals surface area contributed by atoms with Crippen LogP contribution < -0.4 is 27.1 Å². The lowest BCUT2D eigenvalue weighted by Crippen LogP contribution is -2.70. The van der Waals surface area contributed by atoms with Gasteiger partial charge in [-0.15, -0.1) is 0 Å². The summed E-state index contributed by atoms with van der Waals surface area (Å²) in [6, 6.07) is 3.59. The van der Waals surface area contributed by atoms with Crippen molar-refractivity contribution in [2.75, 3.05) is 0 Å². The summed E-state index contributed by atoms with van der Waals surface area (Å²) in [6.07, 6.45) is 1.57. The zero-order chi connectivity index (χ0) is 14.3. The molecule has 1 N–H and O–H groups in total. The van der Waals surface area contributed by atoms with Gasteiger partial charge >= 0.3 is 17.2 Å². The minimum Gasteiger partial charge on any atom is -0.466 e. The Balaban J connectivity index is 2.13. The number of guanidine groups is 1. The van der Waals surface area contributed by atoms with Gasteiger partial charge in [0, 0.05) is 14.1 Å². The number of fused-ring (bicyclic) bond motifs is 1. The van der Waals surface area contributed by atoms with Crippen molar-refractivity contribution in [3.63, 3.8) is 0 Å². The first-order chi connectivity index (χ1) is 9.58. The number of nitrogens with zero attached hydrogens (tertiary/aromatic N) is 4. The predicted octanol–water partition coefficient (Wildman–Crippen LogP) is -3.43. The molecule has 3 rings (SSSR count). The molecule has 2 aromatic heterocycles. The highest BCUT2D eigenvalue weighted by molar-refractivity contribution is 5.77. The van der Waals surface area contributed by atoms with Crippen LogP contribution in [0.2, 0.25) is 0 Å². The second-order valence-corrected chi connectivity index (χ2v) is 4.36. The number of hydrogen-bond donors (Lipinski definition) is 1. The SMILES string of the molecule is Cn1c(=O)c2c(n(C)c1=O)=NC(=[NH+]Cc1ccco1)N=2. The molecule has 0 aliphatic carbocycles. The smallest absolute Gasteiger partial charge is 0.429 e. The minimum absolute atomic E-state index is 0.163. The largest absolute Gasteiger partial charge is 0.466 e. The maximum atomic E-state index is 11.9. The highest BCUT2D eigenvalue weighted by Crippen LogP contribution is 1.95. The Labute approximate surface area is 112 Å². The first-order valence-electron chi connectivity index (χ1n) is 5.94. The first-order valence-corrected chi connectivity index (χ1v) is 5.94. The molecule has 3 heterocycles.